The summed E-state index contributed by atoms with van der Waals surface area (Å²) in [5, 5.41) is 9.55. The van der Waals surface area contributed by atoms with E-state index in [1.54, 1.807) is 0 Å². The third-order valence-corrected chi connectivity index (χ3v) is 2.22. The molecule has 0 heterocycles. The highest BCUT2D eigenvalue weighted by atomic mass is 16.3. The lowest BCUT2D eigenvalue weighted by atomic mass is 10.0. The monoisotopic (exact) mass is 179 g/mol. The summed E-state index contributed by atoms with van der Waals surface area (Å²) < 4.78 is 0. The number of nitrogens with two attached hydrogens (primary N) is 1. The molecular weight excluding hydrogens is 162 g/mol. The molecule has 1 atom stereocenters. The Hall–Kier alpha value is -0.860. The van der Waals surface area contributed by atoms with Crippen molar-refractivity contribution >= 4 is 0 Å². The molecule has 0 saturated carbocycles. The third kappa shape index (κ3) is 3.17. The Balaban J connectivity index is 2.58. The molecule has 0 aromatic heterocycles. The molecule has 0 saturated heterocycles. The van der Waals surface area contributed by atoms with Gasteiger partial charge in [-0.25, -0.2) is 0 Å². The fourth-order valence-corrected chi connectivity index (χ4v) is 1.39. The van der Waals surface area contributed by atoms with Crippen LogP contribution in [0.25, 0.3) is 0 Å². The molecule has 0 bridgehead atoms. The first-order valence-electron chi connectivity index (χ1n) is 4.66. The Kier molecular flexibility index (Phi) is 3.93. The fourth-order valence-electron chi connectivity index (χ4n) is 1.39. The van der Waals surface area contributed by atoms with Crippen molar-refractivity contribution in [3.63, 3.8) is 0 Å². The summed E-state index contributed by atoms with van der Waals surface area (Å²) in [6.07, 6.45) is 1.09. The van der Waals surface area contributed by atoms with Crippen LogP contribution in [0, 0.1) is 6.92 Å². The maximum atomic E-state index is 9.55. The van der Waals surface area contributed by atoms with Crippen LogP contribution in [0.15, 0.2) is 24.3 Å². The summed E-state index contributed by atoms with van der Waals surface area (Å²) >= 11 is 0. The Morgan fingerprint density at radius 1 is 1.38 bits per heavy atom. The van der Waals surface area contributed by atoms with Crippen LogP contribution in [0.4, 0.5) is 0 Å². The van der Waals surface area contributed by atoms with E-state index < -0.39 is 0 Å². The predicted octanol–water partition coefficient (Wildman–Crippen LogP) is 1.25. The second kappa shape index (κ2) is 5.00. The number of aryl methyl sites for hydroxylation is 1. The van der Waals surface area contributed by atoms with Gasteiger partial charge in [0.25, 0.3) is 0 Å². The van der Waals surface area contributed by atoms with E-state index in [4.69, 9.17) is 5.73 Å². The van der Waals surface area contributed by atoms with Gasteiger partial charge in [-0.3, -0.25) is 0 Å². The molecule has 1 unspecified atom stereocenters. The van der Waals surface area contributed by atoms with Gasteiger partial charge in [-0.1, -0.05) is 24.3 Å². The van der Waals surface area contributed by atoms with E-state index in [0.717, 1.165) is 0 Å². The molecule has 0 aliphatic rings. The number of aliphatic hydroxyl groups is 1. The van der Waals surface area contributed by atoms with Crippen LogP contribution < -0.4 is 5.73 Å². The van der Waals surface area contributed by atoms with Crippen molar-refractivity contribution in [1.29, 1.82) is 0 Å². The Bertz CT molecular complexity index is 260. The van der Waals surface area contributed by atoms with E-state index in [9.17, 15) is 5.11 Å². The van der Waals surface area contributed by atoms with Gasteiger partial charge in [0.15, 0.2) is 0 Å². The Labute approximate surface area is 79.4 Å². The second-order valence-electron chi connectivity index (χ2n) is 3.36. The lowest BCUT2D eigenvalue weighted by Crippen LogP contribution is -2.16. The molecule has 1 aromatic carbocycles. The molecule has 3 N–H and O–H groups in total. The smallest absolute Gasteiger partial charge is 0.0592 e. The number of rotatable bonds is 4. The standard InChI is InChI=1S/C11H17NO/c1-9-4-2-3-5-10(9)8-11(13)6-7-12/h2-5,11,13H,6-8,12H2,1H3. The summed E-state index contributed by atoms with van der Waals surface area (Å²) in [7, 11) is 0. The van der Waals surface area contributed by atoms with Crippen LogP contribution in [0.2, 0.25) is 0 Å². The molecular formula is C11H17NO. The average molecular weight is 179 g/mol. The quantitative estimate of drug-likeness (QED) is 0.730. The number of benzene rings is 1. The van der Waals surface area contributed by atoms with Gasteiger partial charge in [-0.05, 0) is 37.4 Å². The van der Waals surface area contributed by atoms with Crippen molar-refractivity contribution in [2.24, 2.45) is 5.73 Å². The predicted molar refractivity (Wildman–Crippen MR) is 54.6 cm³/mol. The van der Waals surface area contributed by atoms with Crippen LogP contribution in [-0.4, -0.2) is 17.8 Å². The van der Waals surface area contributed by atoms with Crippen molar-refractivity contribution < 1.29 is 5.11 Å². The molecule has 0 aliphatic heterocycles. The Morgan fingerprint density at radius 2 is 2.08 bits per heavy atom. The maximum absolute atomic E-state index is 9.55. The molecule has 2 nitrogen and oxygen atoms in total. The van der Waals surface area contributed by atoms with Gasteiger partial charge in [-0.15, -0.1) is 0 Å². The number of hydrogen-bond donors (Lipinski definition) is 2. The number of aliphatic hydroxyl groups excluding tert-OH is 1. The molecule has 1 aromatic rings. The van der Waals surface area contributed by atoms with Gasteiger partial charge in [0.2, 0.25) is 0 Å². The van der Waals surface area contributed by atoms with Gasteiger partial charge in [0, 0.05) is 0 Å². The minimum absolute atomic E-state index is 0.300. The molecule has 13 heavy (non-hydrogen) atoms. The Morgan fingerprint density at radius 3 is 2.69 bits per heavy atom. The highest BCUT2D eigenvalue weighted by molar-refractivity contribution is 5.26. The van der Waals surface area contributed by atoms with E-state index in [0.29, 0.717) is 19.4 Å². The zero-order chi connectivity index (χ0) is 9.68. The van der Waals surface area contributed by atoms with Crippen molar-refractivity contribution in [3.8, 4) is 0 Å². The average Bonchev–Trinajstić information content (AvgIpc) is 2.09. The highest BCUT2D eigenvalue weighted by Crippen LogP contribution is 2.10. The molecule has 2 heteroatoms. The lowest BCUT2D eigenvalue weighted by molar-refractivity contribution is 0.167. The first-order valence-corrected chi connectivity index (χ1v) is 4.66. The third-order valence-electron chi connectivity index (χ3n) is 2.22. The molecule has 1 rings (SSSR count). The topological polar surface area (TPSA) is 46.2 Å². The van der Waals surface area contributed by atoms with E-state index >= 15 is 0 Å². The number of hydrogen-bond acceptors (Lipinski definition) is 2. The molecule has 0 radical (unpaired) electrons. The van der Waals surface area contributed by atoms with Gasteiger partial charge in [-0.2, -0.15) is 0 Å². The first kappa shape index (κ1) is 10.2. The molecule has 0 spiro atoms. The summed E-state index contributed by atoms with van der Waals surface area (Å²) in [5.74, 6) is 0. The van der Waals surface area contributed by atoms with Crippen LogP contribution in [-0.2, 0) is 6.42 Å². The van der Waals surface area contributed by atoms with Gasteiger partial charge >= 0.3 is 0 Å². The summed E-state index contributed by atoms with van der Waals surface area (Å²) in [6, 6.07) is 8.12. The van der Waals surface area contributed by atoms with Crippen molar-refractivity contribution in [3.05, 3.63) is 35.4 Å². The highest BCUT2D eigenvalue weighted by Gasteiger charge is 2.05. The van der Waals surface area contributed by atoms with Gasteiger partial charge in [0.05, 0.1) is 6.10 Å². The van der Waals surface area contributed by atoms with Crippen LogP contribution >= 0.6 is 0 Å². The van der Waals surface area contributed by atoms with E-state index in [1.807, 2.05) is 12.1 Å². The zero-order valence-electron chi connectivity index (χ0n) is 8.03. The van der Waals surface area contributed by atoms with E-state index in [1.165, 1.54) is 11.1 Å². The molecule has 0 fully saturated rings. The van der Waals surface area contributed by atoms with Gasteiger partial charge in [0.1, 0.15) is 0 Å². The second-order valence-corrected chi connectivity index (χ2v) is 3.36. The minimum atomic E-state index is -0.300. The maximum Gasteiger partial charge on any atom is 0.0592 e. The van der Waals surface area contributed by atoms with Crippen molar-refractivity contribution in [2.75, 3.05) is 6.54 Å². The summed E-state index contributed by atoms with van der Waals surface area (Å²) in [5.41, 5.74) is 7.81. The first-order chi connectivity index (χ1) is 6.24. The van der Waals surface area contributed by atoms with E-state index in [-0.39, 0.29) is 6.10 Å². The lowest BCUT2D eigenvalue weighted by Gasteiger charge is -2.10. The van der Waals surface area contributed by atoms with Crippen LogP contribution in [0.3, 0.4) is 0 Å². The summed E-state index contributed by atoms with van der Waals surface area (Å²) in [6.45, 7) is 2.61. The van der Waals surface area contributed by atoms with E-state index in [2.05, 4.69) is 19.1 Å². The molecule has 72 valence electrons. The summed E-state index contributed by atoms with van der Waals surface area (Å²) in [4.78, 5) is 0. The SMILES string of the molecule is Cc1ccccc1CC(O)CCN. The van der Waals surface area contributed by atoms with Gasteiger partial charge < -0.3 is 10.8 Å². The normalized spacial score (nSPS) is 12.8. The van der Waals surface area contributed by atoms with Crippen molar-refractivity contribution in [2.45, 2.75) is 25.9 Å². The fraction of sp³-hybridized carbons (Fsp3) is 0.455. The zero-order valence-corrected chi connectivity index (χ0v) is 8.03. The van der Waals surface area contributed by atoms with Crippen molar-refractivity contribution in [1.82, 2.24) is 0 Å². The minimum Gasteiger partial charge on any atom is -0.393 e. The molecule has 0 aliphatic carbocycles. The van der Waals surface area contributed by atoms with Crippen LogP contribution in [0.5, 0.6) is 0 Å². The largest absolute Gasteiger partial charge is 0.393 e. The molecule has 0 amide bonds. The van der Waals surface area contributed by atoms with Crippen LogP contribution in [0.1, 0.15) is 17.5 Å².